The molecule has 5 heteroatoms. The number of nitrogens with zero attached hydrogens (tertiary/aromatic N) is 1. The van der Waals surface area contributed by atoms with E-state index in [0.29, 0.717) is 6.04 Å². The SMILES string of the molecule is CCCCN(Cc1cc(Br)c(Br)o1)CC1CCCN1. The van der Waals surface area contributed by atoms with E-state index in [0.717, 1.165) is 34.5 Å². The Labute approximate surface area is 132 Å². The van der Waals surface area contributed by atoms with Crippen molar-refractivity contribution in [1.29, 1.82) is 0 Å². The van der Waals surface area contributed by atoms with E-state index in [9.17, 15) is 0 Å². The van der Waals surface area contributed by atoms with Crippen LogP contribution in [0.25, 0.3) is 0 Å². The highest BCUT2D eigenvalue weighted by molar-refractivity contribution is 9.13. The Kier molecular flexibility index (Phi) is 6.39. The first-order valence-electron chi connectivity index (χ1n) is 7.08. The highest BCUT2D eigenvalue weighted by Crippen LogP contribution is 2.27. The van der Waals surface area contributed by atoms with Gasteiger partial charge in [0.15, 0.2) is 4.67 Å². The summed E-state index contributed by atoms with van der Waals surface area (Å²) in [6.07, 6.45) is 5.09. The van der Waals surface area contributed by atoms with Gasteiger partial charge in [0.2, 0.25) is 0 Å². The molecule has 1 aliphatic rings. The van der Waals surface area contributed by atoms with Crippen LogP contribution in [0.2, 0.25) is 0 Å². The number of rotatable bonds is 7. The summed E-state index contributed by atoms with van der Waals surface area (Å²) in [5.41, 5.74) is 0. The minimum atomic E-state index is 0.652. The minimum Gasteiger partial charge on any atom is -0.452 e. The summed E-state index contributed by atoms with van der Waals surface area (Å²) >= 11 is 6.88. The molecule has 0 aromatic carbocycles. The normalized spacial score (nSPS) is 19.5. The summed E-state index contributed by atoms with van der Waals surface area (Å²) in [7, 11) is 0. The van der Waals surface area contributed by atoms with Gasteiger partial charge in [-0.25, -0.2) is 0 Å². The third-order valence-electron chi connectivity index (χ3n) is 3.54. The fourth-order valence-electron chi connectivity index (χ4n) is 2.53. The Morgan fingerprint density at radius 2 is 2.32 bits per heavy atom. The predicted molar refractivity (Wildman–Crippen MR) is 85.3 cm³/mol. The van der Waals surface area contributed by atoms with Crippen molar-refractivity contribution < 1.29 is 4.42 Å². The maximum Gasteiger partial charge on any atom is 0.183 e. The zero-order valence-electron chi connectivity index (χ0n) is 11.4. The van der Waals surface area contributed by atoms with Gasteiger partial charge in [0.05, 0.1) is 11.0 Å². The molecule has 0 aliphatic carbocycles. The first-order chi connectivity index (χ1) is 9.19. The molecule has 1 aliphatic heterocycles. The maximum absolute atomic E-state index is 5.70. The summed E-state index contributed by atoms with van der Waals surface area (Å²) in [4.78, 5) is 2.50. The molecule has 19 heavy (non-hydrogen) atoms. The molecule has 1 fully saturated rings. The molecule has 1 saturated heterocycles. The van der Waals surface area contributed by atoms with Crippen LogP contribution in [0.4, 0.5) is 0 Å². The van der Waals surface area contributed by atoms with Crippen LogP contribution < -0.4 is 5.32 Å². The van der Waals surface area contributed by atoms with Crippen LogP contribution in [0.5, 0.6) is 0 Å². The van der Waals surface area contributed by atoms with E-state index < -0.39 is 0 Å². The molecule has 1 unspecified atom stereocenters. The topological polar surface area (TPSA) is 28.4 Å². The van der Waals surface area contributed by atoms with Gasteiger partial charge >= 0.3 is 0 Å². The summed E-state index contributed by atoms with van der Waals surface area (Å²) in [5.74, 6) is 1.02. The predicted octanol–water partition coefficient (Wildman–Crippen LogP) is 4.16. The Morgan fingerprint density at radius 1 is 1.47 bits per heavy atom. The Morgan fingerprint density at radius 3 is 2.89 bits per heavy atom. The largest absolute Gasteiger partial charge is 0.452 e. The molecule has 1 atom stereocenters. The average Bonchev–Trinajstić information content (AvgIpc) is 2.98. The highest BCUT2D eigenvalue weighted by atomic mass is 79.9. The van der Waals surface area contributed by atoms with Gasteiger partial charge < -0.3 is 9.73 Å². The van der Waals surface area contributed by atoms with Crippen molar-refractivity contribution in [2.24, 2.45) is 0 Å². The lowest BCUT2D eigenvalue weighted by atomic mass is 10.2. The van der Waals surface area contributed by atoms with Crippen LogP contribution in [0, 0.1) is 0 Å². The van der Waals surface area contributed by atoms with Gasteiger partial charge in [-0.2, -0.15) is 0 Å². The molecule has 0 saturated carbocycles. The van der Waals surface area contributed by atoms with Crippen LogP contribution >= 0.6 is 31.9 Å². The lowest BCUT2D eigenvalue weighted by Gasteiger charge is -2.24. The first-order valence-corrected chi connectivity index (χ1v) is 8.67. The quantitative estimate of drug-likeness (QED) is 0.753. The second kappa shape index (κ2) is 7.81. The average molecular weight is 394 g/mol. The second-order valence-corrected chi connectivity index (χ2v) is 6.79. The second-order valence-electron chi connectivity index (χ2n) is 5.22. The highest BCUT2D eigenvalue weighted by Gasteiger charge is 2.19. The van der Waals surface area contributed by atoms with E-state index in [2.05, 4.69) is 55.1 Å². The molecule has 1 N–H and O–H groups in total. The van der Waals surface area contributed by atoms with Crippen molar-refractivity contribution in [2.75, 3.05) is 19.6 Å². The summed E-state index contributed by atoms with van der Waals surface area (Å²) in [6, 6.07) is 2.71. The van der Waals surface area contributed by atoms with E-state index in [1.54, 1.807) is 0 Å². The molecule has 0 radical (unpaired) electrons. The molecule has 0 spiro atoms. The molecule has 0 amide bonds. The van der Waals surface area contributed by atoms with Crippen LogP contribution in [0.1, 0.15) is 38.4 Å². The molecule has 2 rings (SSSR count). The van der Waals surface area contributed by atoms with Gasteiger partial charge in [-0.3, -0.25) is 4.90 Å². The monoisotopic (exact) mass is 392 g/mol. The van der Waals surface area contributed by atoms with Crippen LogP contribution in [-0.4, -0.2) is 30.6 Å². The van der Waals surface area contributed by atoms with Gasteiger partial charge in [-0.15, -0.1) is 0 Å². The molecule has 2 heterocycles. The summed E-state index contributed by atoms with van der Waals surface area (Å²) in [5, 5.41) is 3.58. The number of furan rings is 1. The van der Waals surface area contributed by atoms with Crippen molar-refractivity contribution >= 4 is 31.9 Å². The summed E-state index contributed by atoms with van der Waals surface area (Å²) in [6.45, 7) is 6.57. The number of halogens is 2. The third kappa shape index (κ3) is 4.88. The zero-order valence-corrected chi connectivity index (χ0v) is 14.6. The molecule has 0 bridgehead atoms. The fraction of sp³-hybridized carbons (Fsp3) is 0.714. The van der Waals surface area contributed by atoms with E-state index >= 15 is 0 Å². The van der Waals surface area contributed by atoms with Crippen molar-refractivity contribution in [3.8, 4) is 0 Å². The maximum atomic E-state index is 5.70. The van der Waals surface area contributed by atoms with Crippen LogP contribution in [0.3, 0.4) is 0 Å². The van der Waals surface area contributed by atoms with Gasteiger partial charge in [-0.1, -0.05) is 13.3 Å². The molecular weight excluding hydrogens is 372 g/mol. The minimum absolute atomic E-state index is 0.652. The standard InChI is InChI=1S/C14H22Br2N2O/c1-2-3-7-18(9-11-5-4-6-17-11)10-12-8-13(15)14(16)19-12/h8,11,17H,2-7,9-10H2,1H3. The van der Waals surface area contributed by atoms with E-state index in [4.69, 9.17) is 4.42 Å². The number of hydrogen-bond acceptors (Lipinski definition) is 3. The van der Waals surface area contributed by atoms with E-state index in [-0.39, 0.29) is 0 Å². The molecule has 1 aromatic heterocycles. The van der Waals surface area contributed by atoms with Crippen LogP contribution in [-0.2, 0) is 6.54 Å². The van der Waals surface area contributed by atoms with Crippen molar-refractivity contribution in [2.45, 2.75) is 45.2 Å². The summed E-state index contributed by atoms with van der Waals surface area (Å²) < 4.78 is 7.48. The van der Waals surface area contributed by atoms with Gasteiger partial charge in [0.25, 0.3) is 0 Å². The van der Waals surface area contributed by atoms with E-state index in [1.807, 2.05) is 0 Å². The number of nitrogens with one attached hydrogen (secondary N) is 1. The Bertz CT molecular complexity index is 369. The number of hydrogen-bond donors (Lipinski definition) is 1. The Hall–Kier alpha value is 0.160. The van der Waals surface area contributed by atoms with Crippen molar-refractivity contribution in [3.63, 3.8) is 0 Å². The van der Waals surface area contributed by atoms with Gasteiger partial charge in [0.1, 0.15) is 5.76 Å². The van der Waals surface area contributed by atoms with E-state index in [1.165, 1.54) is 32.2 Å². The number of unbranched alkanes of at least 4 members (excludes halogenated alkanes) is 1. The molecule has 3 nitrogen and oxygen atoms in total. The smallest absolute Gasteiger partial charge is 0.183 e. The lowest BCUT2D eigenvalue weighted by molar-refractivity contribution is 0.219. The van der Waals surface area contributed by atoms with Crippen LogP contribution in [0.15, 0.2) is 19.6 Å². The lowest BCUT2D eigenvalue weighted by Crippen LogP contribution is -2.37. The first kappa shape index (κ1) is 15.5. The zero-order chi connectivity index (χ0) is 13.7. The van der Waals surface area contributed by atoms with Gasteiger partial charge in [-0.05, 0) is 70.3 Å². The van der Waals surface area contributed by atoms with Crippen molar-refractivity contribution in [1.82, 2.24) is 10.2 Å². The molecular formula is C14H22Br2N2O. The molecule has 1 aromatic rings. The molecule has 108 valence electrons. The van der Waals surface area contributed by atoms with Crippen molar-refractivity contribution in [3.05, 3.63) is 21.0 Å². The third-order valence-corrected chi connectivity index (χ3v) is 5.25. The Balaban J connectivity index is 1.91. The fourth-order valence-corrected chi connectivity index (χ4v) is 3.19. The van der Waals surface area contributed by atoms with Gasteiger partial charge in [0, 0.05) is 12.6 Å².